The molecule has 0 saturated heterocycles. The van der Waals surface area contributed by atoms with Gasteiger partial charge < -0.3 is 4.42 Å². The topological polar surface area (TPSA) is 89.2 Å². The maximum absolute atomic E-state index is 12.5. The van der Waals surface area contributed by atoms with Crippen molar-refractivity contribution in [2.24, 2.45) is 0 Å². The van der Waals surface area contributed by atoms with Gasteiger partial charge in [0, 0.05) is 6.20 Å². The Morgan fingerprint density at radius 2 is 1.85 bits per heavy atom. The van der Waals surface area contributed by atoms with E-state index in [-0.39, 0.29) is 18.2 Å². The quantitative estimate of drug-likeness (QED) is 0.610. The number of aromatic nitrogens is 3. The van der Waals surface area contributed by atoms with E-state index >= 15 is 0 Å². The number of halogens is 2. The molecule has 0 aliphatic carbocycles. The van der Waals surface area contributed by atoms with Gasteiger partial charge in [-0.25, -0.2) is 8.42 Å². The number of rotatable bonds is 7. The zero-order chi connectivity index (χ0) is 19.4. The van der Waals surface area contributed by atoms with Gasteiger partial charge in [0.05, 0.1) is 29.2 Å². The Morgan fingerprint density at radius 3 is 2.41 bits per heavy atom. The van der Waals surface area contributed by atoms with E-state index in [0.717, 1.165) is 0 Å². The molecule has 0 spiro atoms. The number of alkyl halides is 2. The average molecular weight is 394 g/mol. The molecule has 1 aromatic carbocycles. The molecule has 0 atom stereocenters. The fourth-order valence-electron chi connectivity index (χ4n) is 2.33. The second kappa shape index (κ2) is 7.78. The van der Waals surface area contributed by atoms with Crippen molar-refractivity contribution in [1.82, 2.24) is 15.2 Å². The summed E-state index contributed by atoms with van der Waals surface area (Å²) >= 11 is 0. The molecule has 2 heterocycles. The molecule has 0 unspecified atom stereocenters. The van der Waals surface area contributed by atoms with Crippen molar-refractivity contribution in [1.29, 1.82) is 0 Å². The first-order valence-electron chi connectivity index (χ1n) is 8.03. The van der Waals surface area contributed by atoms with Crippen LogP contribution in [0, 0.1) is 0 Å². The van der Waals surface area contributed by atoms with Crippen LogP contribution < -0.4 is 4.31 Å². The smallest absolute Gasteiger partial charge is 0.314 e. The summed E-state index contributed by atoms with van der Waals surface area (Å²) in [4.78, 5) is 4.20. The first kappa shape index (κ1) is 18.9. The van der Waals surface area contributed by atoms with Crippen LogP contribution in [0.4, 0.5) is 14.5 Å². The fourth-order valence-corrected chi connectivity index (χ4v) is 3.41. The average Bonchev–Trinajstić information content (AvgIpc) is 3.18. The summed E-state index contributed by atoms with van der Waals surface area (Å²) in [6.07, 6.45) is -1.48. The van der Waals surface area contributed by atoms with Gasteiger partial charge in [0.1, 0.15) is 0 Å². The van der Waals surface area contributed by atoms with Crippen LogP contribution in [0.3, 0.4) is 0 Å². The van der Waals surface area contributed by atoms with Gasteiger partial charge in [0.2, 0.25) is 15.9 Å². The second-order valence-corrected chi connectivity index (χ2v) is 7.71. The molecule has 0 amide bonds. The Bertz CT molecular complexity index is 993. The van der Waals surface area contributed by atoms with Crippen LogP contribution in [0.15, 0.2) is 53.1 Å². The molecule has 2 aromatic heterocycles. The molecule has 0 bridgehead atoms. The molecule has 0 radical (unpaired) electrons. The first-order chi connectivity index (χ1) is 12.9. The number of hydrogen-bond donors (Lipinski definition) is 0. The van der Waals surface area contributed by atoms with Crippen LogP contribution in [0.1, 0.15) is 24.9 Å². The van der Waals surface area contributed by atoms with E-state index in [9.17, 15) is 17.2 Å². The maximum Gasteiger partial charge on any atom is 0.314 e. The third-order valence-corrected chi connectivity index (χ3v) is 5.49. The molecule has 0 aliphatic rings. The minimum absolute atomic E-state index is 0.0343. The molecule has 0 aliphatic heterocycles. The van der Waals surface area contributed by atoms with Gasteiger partial charge in [-0.05, 0) is 31.2 Å². The molecule has 0 saturated carbocycles. The SMILES string of the molecule is CCS(=O)(=O)N(Cc1ccc(-c2nnc(C(F)F)o2)cn1)c1ccccc1. The highest BCUT2D eigenvalue weighted by Crippen LogP contribution is 2.24. The number of benzene rings is 1. The Hall–Kier alpha value is -2.88. The lowest BCUT2D eigenvalue weighted by atomic mass is 10.2. The van der Waals surface area contributed by atoms with Crippen molar-refractivity contribution in [2.45, 2.75) is 19.9 Å². The van der Waals surface area contributed by atoms with E-state index in [1.54, 1.807) is 49.4 Å². The van der Waals surface area contributed by atoms with Gasteiger partial charge in [-0.3, -0.25) is 9.29 Å². The molecule has 27 heavy (non-hydrogen) atoms. The predicted octanol–water partition coefficient (Wildman–Crippen LogP) is 3.43. The van der Waals surface area contributed by atoms with Crippen LogP contribution in [0.2, 0.25) is 0 Å². The van der Waals surface area contributed by atoms with Gasteiger partial charge >= 0.3 is 6.43 Å². The Morgan fingerprint density at radius 1 is 1.11 bits per heavy atom. The lowest BCUT2D eigenvalue weighted by Crippen LogP contribution is -2.32. The number of para-hydroxylation sites is 1. The normalized spacial score (nSPS) is 11.7. The van der Waals surface area contributed by atoms with E-state index in [4.69, 9.17) is 4.42 Å². The third kappa shape index (κ3) is 4.27. The first-order valence-corrected chi connectivity index (χ1v) is 9.64. The summed E-state index contributed by atoms with van der Waals surface area (Å²) in [5.74, 6) is -0.901. The Labute approximate surface area is 154 Å². The molecule has 0 fully saturated rings. The van der Waals surface area contributed by atoms with Crippen LogP contribution in [-0.4, -0.2) is 29.4 Å². The summed E-state index contributed by atoms with van der Waals surface area (Å²) in [7, 11) is -3.51. The van der Waals surface area contributed by atoms with Crippen LogP contribution >= 0.6 is 0 Å². The van der Waals surface area contributed by atoms with E-state index in [1.807, 2.05) is 0 Å². The predicted molar refractivity (Wildman–Crippen MR) is 94.6 cm³/mol. The minimum Gasteiger partial charge on any atom is -0.415 e. The van der Waals surface area contributed by atoms with Gasteiger partial charge in [0.25, 0.3) is 5.89 Å². The number of hydrogen-bond acceptors (Lipinski definition) is 6. The summed E-state index contributed by atoms with van der Waals surface area (Å²) in [6.45, 7) is 1.60. The monoisotopic (exact) mass is 394 g/mol. The molecule has 7 nitrogen and oxygen atoms in total. The van der Waals surface area contributed by atoms with Gasteiger partial charge in [-0.1, -0.05) is 18.2 Å². The van der Waals surface area contributed by atoms with Crippen LogP contribution in [-0.2, 0) is 16.6 Å². The summed E-state index contributed by atoms with van der Waals surface area (Å²) < 4.78 is 56.1. The highest BCUT2D eigenvalue weighted by atomic mass is 32.2. The largest absolute Gasteiger partial charge is 0.415 e. The van der Waals surface area contributed by atoms with Crippen molar-refractivity contribution in [3.63, 3.8) is 0 Å². The van der Waals surface area contributed by atoms with E-state index in [1.165, 1.54) is 10.5 Å². The summed E-state index contributed by atoms with van der Waals surface area (Å²) in [5.41, 5.74) is 1.37. The lowest BCUT2D eigenvalue weighted by molar-refractivity contribution is 0.116. The lowest BCUT2D eigenvalue weighted by Gasteiger charge is -2.23. The van der Waals surface area contributed by atoms with Crippen molar-refractivity contribution >= 4 is 15.7 Å². The molecule has 10 heteroatoms. The third-order valence-electron chi connectivity index (χ3n) is 3.75. The molecule has 0 N–H and O–H groups in total. The zero-order valence-electron chi connectivity index (χ0n) is 14.3. The molecule has 3 aromatic rings. The highest BCUT2D eigenvalue weighted by Gasteiger charge is 2.22. The number of anilines is 1. The summed E-state index contributed by atoms with van der Waals surface area (Å²) in [6, 6.07) is 11.8. The van der Waals surface area contributed by atoms with E-state index in [0.29, 0.717) is 16.9 Å². The van der Waals surface area contributed by atoms with Crippen molar-refractivity contribution in [3.8, 4) is 11.5 Å². The van der Waals surface area contributed by atoms with Crippen molar-refractivity contribution < 1.29 is 21.6 Å². The molecule has 142 valence electrons. The molecule has 3 rings (SSSR count). The number of sulfonamides is 1. The van der Waals surface area contributed by atoms with Crippen molar-refractivity contribution in [2.75, 3.05) is 10.1 Å². The zero-order valence-corrected chi connectivity index (χ0v) is 15.1. The minimum atomic E-state index is -3.51. The molecular weight excluding hydrogens is 378 g/mol. The van der Waals surface area contributed by atoms with E-state index in [2.05, 4.69) is 15.2 Å². The van der Waals surface area contributed by atoms with E-state index < -0.39 is 22.3 Å². The Balaban J connectivity index is 1.85. The van der Waals surface area contributed by atoms with Crippen LogP contribution in [0.5, 0.6) is 0 Å². The maximum atomic E-state index is 12.5. The van der Waals surface area contributed by atoms with Gasteiger partial charge in [-0.15, -0.1) is 10.2 Å². The highest BCUT2D eigenvalue weighted by molar-refractivity contribution is 7.92. The molecular formula is C17H16F2N4O3S. The summed E-state index contributed by atoms with van der Waals surface area (Å²) in [5, 5.41) is 6.82. The van der Waals surface area contributed by atoms with Crippen LogP contribution in [0.25, 0.3) is 11.5 Å². The van der Waals surface area contributed by atoms with Crippen molar-refractivity contribution in [3.05, 3.63) is 60.2 Å². The van der Waals surface area contributed by atoms with Gasteiger partial charge in [0.15, 0.2) is 0 Å². The fraction of sp³-hybridized carbons (Fsp3) is 0.235. The standard InChI is InChI=1S/C17H16F2N4O3S/c1-2-27(24,25)23(14-6-4-3-5-7-14)11-13-9-8-12(10-20-13)16-21-22-17(26-16)15(18)19/h3-10,15H,2,11H2,1H3. The number of nitrogens with zero attached hydrogens (tertiary/aromatic N) is 4. The number of pyridine rings is 1. The second-order valence-electron chi connectivity index (χ2n) is 5.53. The van der Waals surface area contributed by atoms with Gasteiger partial charge in [-0.2, -0.15) is 8.78 Å². The Kier molecular flexibility index (Phi) is 5.45.